The third-order valence-corrected chi connectivity index (χ3v) is 6.51. The van der Waals surface area contributed by atoms with Crippen LogP contribution in [0.5, 0.6) is 5.75 Å². The minimum atomic E-state index is -0.690. The first-order valence-electron chi connectivity index (χ1n) is 9.05. The monoisotopic (exact) mass is 429 g/mol. The number of nitrogens with zero attached hydrogens (tertiary/aromatic N) is 3. The predicted octanol–water partition coefficient (Wildman–Crippen LogP) is 4.94. The second-order valence-corrected chi connectivity index (χ2v) is 8.30. The summed E-state index contributed by atoms with van der Waals surface area (Å²) >= 11 is 7.60. The third kappa shape index (κ3) is 3.43. The molecule has 2 heterocycles. The maximum atomic E-state index is 14.7. The molecular formula is C21H17ClFN3O2S. The Morgan fingerprint density at radius 2 is 2.07 bits per heavy atom. The van der Waals surface area contributed by atoms with E-state index in [9.17, 15) is 14.4 Å². The summed E-state index contributed by atoms with van der Waals surface area (Å²) in [5.74, 6) is -0.456. The van der Waals surface area contributed by atoms with Crippen molar-refractivity contribution in [3.8, 4) is 17.5 Å². The molecule has 5 nitrogen and oxygen atoms in total. The second kappa shape index (κ2) is 7.97. The minimum Gasteiger partial charge on any atom is -0.495 e. The summed E-state index contributed by atoms with van der Waals surface area (Å²) < 4.78 is 22.6. The first-order chi connectivity index (χ1) is 14.0. The maximum absolute atomic E-state index is 14.7. The Hall–Kier alpha value is -2.69. The molecule has 0 aliphatic carbocycles. The molecule has 4 rings (SSSR count). The van der Waals surface area contributed by atoms with Crippen molar-refractivity contribution in [3.05, 3.63) is 75.2 Å². The minimum absolute atomic E-state index is 0.0434. The summed E-state index contributed by atoms with van der Waals surface area (Å²) in [4.78, 5) is 14.2. The molecule has 0 N–H and O–H groups in total. The zero-order valence-corrected chi connectivity index (χ0v) is 17.1. The second-order valence-electron chi connectivity index (χ2n) is 6.62. The van der Waals surface area contributed by atoms with Crippen LogP contribution in [-0.2, 0) is 6.54 Å². The van der Waals surface area contributed by atoms with Gasteiger partial charge in [-0.25, -0.2) is 13.8 Å². The highest BCUT2D eigenvalue weighted by Crippen LogP contribution is 2.42. The summed E-state index contributed by atoms with van der Waals surface area (Å²) in [5.41, 5.74) is 0.300. The first kappa shape index (κ1) is 19.6. The van der Waals surface area contributed by atoms with Crippen LogP contribution in [0.2, 0.25) is 5.02 Å². The molecule has 1 aliphatic rings. The van der Waals surface area contributed by atoms with Crippen LogP contribution in [0.15, 0.2) is 52.2 Å². The van der Waals surface area contributed by atoms with E-state index in [1.165, 1.54) is 13.2 Å². The number of rotatable bonds is 4. The Bertz CT molecular complexity index is 1170. The van der Waals surface area contributed by atoms with E-state index in [1.54, 1.807) is 16.3 Å². The Morgan fingerprint density at radius 1 is 1.31 bits per heavy atom. The van der Waals surface area contributed by atoms with E-state index in [2.05, 4.69) is 6.07 Å². The van der Waals surface area contributed by atoms with Crippen molar-refractivity contribution in [1.82, 2.24) is 9.13 Å². The lowest BCUT2D eigenvalue weighted by Crippen LogP contribution is -2.27. The van der Waals surface area contributed by atoms with Crippen LogP contribution in [0.25, 0.3) is 5.69 Å². The van der Waals surface area contributed by atoms with Gasteiger partial charge in [-0.15, -0.1) is 11.8 Å². The van der Waals surface area contributed by atoms with Crippen LogP contribution in [0.3, 0.4) is 0 Å². The van der Waals surface area contributed by atoms with Crippen molar-refractivity contribution in [2.75, 3.05) is 7.11 Å². The number of imidazole rings is 1. The molecule has 0 saturated heterocycles. The summed E-state index contributed by atoms with van der Waals surface area (Å²) in [5, 5.41) is 9.91. The van der Waals surface area contributed by atoms with Gasteiger partial charge in [-0.1, -0.05) is 29.8 Å². The van der Waals surface area contributed by atoms with Gasteiger partial charge >= 0.3 is 5.69 Å². The molecular weight excluding hydrogens is 413 g/mol. The normalized spacial score (nSPS) is 15.6. The summed E-state index contributed by atoms with van der Waals surface area (Å²) in [6, 6.07) is 14.4. The Morgan fingerprint density at radius 3 is 2.76 bits per heavy atom. The molecule has 8 heteroatoms. The summed E-state index contributed by atoms with van der Waals surface area (Å²) in [6.07, 6.45) is 1.63. The van der Waals surface area contributed by atoms with Crippen molar-refractivity contribution in [2.45, 2.75) is 29.5 Å². The van der Waals surface area contributed by atoms with Crippen LogP contribution in [0.4, 0.5) is 4.39 Å². The van der Waals surface area contributed by atoms with Crippen molar-refractivity contribution in [2.24, 2.45) is 0 Å². The van der Waals surface area contributed by atoms with Gasteiger partial charge in [0.15, 0.2) is 0 Å². The molecule has 1 atom stereocenters. The van der Waals surface area contributed by atoms with Crippen molar-refractivity contribution in [3.63, 3.8) is 0 Å². The number of nitriles is 1. The number of aromatic nitrogens is 2. The van der Waals surface area contributed by atoms with Crippen molar-refractivity contribution >= 4 is 23.4 Å². The molecule has 148 valence electrons. The Kier molecular flexibility index (Phi) is 5.39. The fourth-order valence-electron chi connectivity index (χ4n) is 3.63. The summed E-state index contributed by atoms with van der Waals surface area (Å²) in [6.45, 7) is 0.494. The van der Waals surface area contributed by atoms with Gasteiger partial charge in [-0.3, -0.25) is 4.57 Å². The van der Waals surface area contributed by atoms with E-state index in [4.69, 9.17) is 16.3 Å². The molecule has 0 radical (unpaired) electrons. The number of fused-ring (bicyclic) bond motifs is 1. The van der Waals surface area contributed by atoms with Crippen LogP contribution in [0.1, 0.15) is 29.5 Å². The van der Waals surface area contributed by atoms with E-state index in [0.29, 0.717) is 12.2 Å². The number of methoxy groups -OCH3 is 1. The highest BCUT2D eigenvalue weighted by molar-refractivity contribution is 7.99. The van der Waals surface area contributed by atoms with Gasteiger partial charge < -0.3 is 4.74 Å². The molecule has 2 aromatic carbocycles. The molecule has 0 fully saturated rings. The fraction of sp³-hybridized carbons (Fsp3) is 0.238. The van der Waals surface area contributed by atoms with Gasteiger partial charge in [-0.2, -0.15) is 5.26 Å². The highest BCUT2D eigenvalue weighted by atomic mass is 35.5. The molecule has 1 aromatic heterocycles. The summed E-state index contributed by atoms with van der Waals surface area (Å²) in [7, 11) is 1.41. The van der Waals surface area contributed by atoms with E-state index >= 15 is 0 Å². The van der Waals surface area contributed by atoms with Gasteiger partial charge in [0.25, 0.3) is 0 Å². The Balaban J connectivity index is 1.89. The number of hydrogen-bond acceptors (Lipinski definition) is 4. The van der Waals surface area contributed by atoms with Gasteiger partial charge in [0.05, 0.1) is 28.8 Å². The van der Waals surface area contributed by atoms with Crippen molar-refractivity contribution in [1.29, 1.82) is 5.26 Å². The molecule has 0 bridgehead atoms. The highest BCUT2D eigenvalue weighted by Gasteiger charge is 2.31. The lowest BCUT2D eigenvalue weighted by Gasteiger charge is -2.23. The largest absolute Gasteiger partial charge is 0.495 e. The van der Waals surface area contributed by atoms with E-state index in [1.807, 2.05) is 30.3 Å². The molecule has 1 unspecified atom stereocenters. The maximum Gasteiger partial charge on any atom is 0.334 e. The topological polar surface area (TPSA) is 60.0 Å². The van der Waals surface area contributed by atoms with E-state index in [0.717, 1.165) is 28.4 Å². The molecule has 0 spiro atoms. The number of benzene rings is 2. The van der Waals surface area contributed by atoms with Gasteiger partial charge in [0.1, 0.15) is 23.3 Å². The van der Waals surface area contributed by atoms with Crippen molar-refractivity contribution < 1.29 is 9.13 Å². The molecule has 1 aliphatic heterocycles. The van der Waals surface area contributed by atoms with E-state index in [-0.39, 0.29) is 27.4 Å². The smallest absolute Gasteiger partial charge is 0.334 e. The lowest BCUT2D eigenvalue weighted by molar-refractivity contribution is 0.413. The number of halogens is 2. The SMILES string of the molecule is COc1cc(-n2c(C#N)c3n(c2=O)CCCC3Sc2ccccc2)c(F)cc1Cl. The lowest BCUT2D eigenvalue weighted by atomic mass is 10.1. The quantitative estimate of drug-likeness (QED) is 0.589. The third-order valence-electron chi connectivity index (χ3n) is 4.92. The Labute approximate surface area is 176 Å². The number of hydrogen-bond donors (Lipinski definition) is 0. The number of thioether (sulfide) groups is 1. The average Bonchev–Trinajstić information content (AvgIpc) is 3.02. The average molecular weight is 430 g/mol. The van der Waals surface area contributed by atoms with Gasteiger partial charge in [-0.05, 0) is 31.0 Å². The predicted molar refractivity (Wildman–Crippen MR) is 111 cm³/mol. The fourth-order valence-corrected chi connectivity index (χ4v) is 5.14. The molecule has 29 heavy (non-hydrogen) atoms. The first-order valence-corrected chi connectivity index (χ1v) is 10.3. The standard InChI is InChI=1S/C21H17ClFN3O2S/c1-28-18-11-16(15(23)10-14(18)22)26-17(12-24)20-19(8-5-9-25(20)21(26)27)29-13-6-3-2-4-7-13/h2-4,6-7,10-11,19H,5,8-9H2,1H3. The van der Waals surface area contributed by atoms with Crippen LogP contribution >= 0.6 is 23.4 Å². The zero-order chi connectivity index (χ0) is 20.5. The van der Waals surface area contributed by atoms with Gasteiger partial charge in [0.2, 0.25) is 0 Å². The molecule has 0 amide bonds. The number of ether oxygens (including phenoxy) is 1. The molecule has 0 saturated carbocycles. The van der Waals surface area contributed by atoms with Crippen LogP contribution < -0.4 is 10.4 Å². The molecule has 3 aromatic rings. The van der Waals surface area contributed by atoms with Crippen LogP contribution in [-0.4, -0.2) is 16.2 Å². The van der Waals surface area contributed by atoms with Gasteiger partial charge in [0, 0.05) is 17.5 Å². The van der Waals surface area contributed by atoms with Crippen LogP contribution in [0, 0.1) is 17.1 Å². The zero-order valence-electron chi connectivity index (χ0n) is 15.6. The van der Waals surface area contributed by atoms with E-state index < -0.39 is 11.5 Å².